The highest BCUT2D eigenvalue weighted by molar-refractivity contribution is 6.30. The van der Waals surface area contributed by atoms with Crippen molar-refractivity contribution in [1.29, 1.82) is 0 Å². The molecule has 1 aliphatic heterocycles. The molecule has 1 saturated heterocycles. The smallest absolute Gasteiger partial charge is 0.320 e. The maximum atomic E-state index is 13.8. The zero-order chi connectivity index (χ0) is 26.5. The van der Waals surface area contributed by atoms with Crippen LogP contribution in [0.1, 0.15) is 35.2 Å². The lowest BCUT2D eigenvalue weighted by atomic mass is 9.74. The van der Waals surface area contributed by atoms with E-state index in [0.29, 0.717) is 54.8 Å². The quantitative estimate of drug-likeness (QED) is 0.277. The number of nitrogens with one attached hydrogen (secondary N) is 1. The van der Waals surface area contributed by atoms with Gasteiger partial charge >= 0.3 is 6.03 Å². The zero-order valence-electron chi connectivity index (χ0n) is 20.9. The fraction of sp³-hybridized carbons (Fsp3) is 0.267. The first-order valence-electron chi connectivity index (χ1n) is 12.7. The molecule has 2 N–H and O–H groups in total. The summed E-state index contributed by atoms with van der Waals surface area (Å²) in [5, 5.41) is 13.3. The van der Waals surface area contributed by atoms with Gasteiger partial charge in [0, 0.05) is 42.1 Å². The van der Waals surface area contributed by atoms with Gasteiger partial charge in [-0.3, -0.25) is 0 Å². The molecule has 0 radical (unpaired) electrons. The Morgan fingerprint density at radius 2 is 1.55 bits per heavy atom. The van der Waals surface area contributed by atoms with Crippen LogP contribution in [0.2, 0.25) is 10.0 Å². The lowest BCUT2D eigenvalue weighted by molar-refractivity contribution is -0.0143. The molecule has 0 aliphatic carbocycles. The lowest BCUT2D eigenvalue weighted by Gasteiger charge is -2.42. The summed E-state index contributed by atoms with van der Waals surface area (Å²) in [7, 11) is 0. The molecular formula is C30H30Cl2N4O2. The third-order valence-electron chi connectivity index (χ3n) is 7.27. The van der Waals surface area contributed by atoms with Crippen molar-refractivity contribution in [1.82, 2.24) is 19.8 Å². The van der Waals surface area contributed by atoms with Crippen molar-refractivity contribution in [3.05, 3.63) is 124 Å². The van der Waals surface area contributed by atoms with Gasteiger partial charge in [0.1, 0.15) is 5.60 Å². The van der Waals surface area contributed by atoms with E-state index in [9.17, 15) is 9.90 Å². The number of amides is 2. The second-order valence-electron chi connectivity index (χ2n) is 9.76. The summed E-state index contributed by atoms with van der Waals surface area (Å²) < 4.78 is 0. The van der Waals surface area contributed by atoms with Crippen LogP contribution >= 0.6 is 23.2 Å². The summed E-state index contributed by atoms with van der Waals surface area (Å²) >= 11 is 12.5. The summed E-state index contributed by atoms with van der Waals surface area (Å²) in [4.78, 5) is 24.8. The van der Waals surface area contributed by atoms with E-state index >= 15 is 0 Å². The third-order valence-corrected chi connectivity index (χ3v) is 7.74. The van der Waals surface area contributed by atoms with E-state index in [4.69, 9.17) is 23.2 Å². The number of likely N-dealkylation sites (tertiary alicyclic amines) is 1. The minimum absolute atomic E-state index is 0.0480. The van der Waals surface area contributed by atoms with E-state index < -0.39 is 5.60 Å². The number of piperidine rings is 1. The molecule has 0 spiro atoms. The molecule has 2 heterocycles. The number of aromatic nitrogens is 2. The number of nitrogens with zero attached hydrogens (tertiary/aromatic N) is 3. The van der Waals surface area contributed by atoms with Crippen LogP contribution in [-0.4, -0.2) is 44.0 Å². The number of hydrogen-bond donors (Lipinski definition) is 2. The van der Waals surface area contributed by atoms with Crippen LogP contribution < -0.4 is 0 Å². The summed E-state index contributed by atoms with van der Waals surface area (Å²) in [5.41, 5.74) is 2.18. The minimum atomic E-state index is -1.21. The van der Waals surface area contributed by atoms with Crippen LogP contribution in [0.5, 0.6) is 0 Å². The molecule has 1 aromatic heterocycles. The highest BCUT2D eigenvalue weighted by Gasteiger charge is 2.43. The van der Waals surface area contributed by atoms with E-state index in [2.05, 4.69) is 9.97 Å². The van der Waals surface area contributed by atoms with Crippen molar-refractivity contribution in [2.24, 2.45) is 5.92 Å². The molecule has 1 aliphatic rings. The van der Waals surface area contributed by atoms with Crippen LogP contribution in [0, 0.1) is 5.92 Å². The van der Waals surface area contributed by atoms with Crippen LogP contribution in [-0.2, 0) is 18.7 Å². The van der Waals surface area contributed by atoms with Crippen molar-refractivity contribution in [2.45, 2.75) is 31.5 Å². The second kappa shape index (κ2) is 11.6. The fourth-order valence-corrected chi connectivity index (χ4v) is 5.78. The number of halogens is 2. The molecule has 196 valence electrons. The molecule has 5 rings (SSSR count). The standard InChI is InChI=1S/C30H30Cl2N4O2/c31-26-10-4-6-22(16-26)19-36(20-23-7-5-11-27(32)17-23)29(37)35-14-12-25(13-15-35)30(38,28-18-33-21-34-28)24-8-2-1-3-9-24/h1-11,16-18,21,25,38H,12-15,19-20H2,(H,33,34). The molecule has 1 unspecified atom stereocenters. The summed E-state index contributed by atoms with van der Waals surface area (Å²) in [6.45, 7) is 1.92. The van der Waals surface area contributed by atoms with Gasteiger partial charge in [-0.25, -0.2) is 9.78 Å². The predicted molar refractivity (Wildman–Crippen MR) is 150 cm³/mol. The Morgan fingerprint density at radius 1 is 0.947 bits per heavy atom. The van der Waals surface area contributed by atoms with E-state index in [1.165, 1.54) is 0 Å². The van der Waals surface area contributed by atoms with Gasteiger partial charge in [0.15, 0.2) is 0 Å². The zero-order valence-corrected chi connectivity index (χ0v) is 22.4. The summed E-state index contributed by atoms with van der Waals surface area (Å²) in [6.07, 6.45) is 4.57. The number of benzene rings is 3. The van der Waals surface area contributed by atoms with E-state index in [0.717, 1.165) is 16.7 Å². The van der Waals surface area contributed by atoms with E-state index in [1.54, 1.807) is 12.5 Å². The Kier molecular flexibility index (Phi) is 8.03. The van der Waals surface area contributed by atoms with Gasteiger partial charge in [0.05, 0.1) is 18.2 Å². The molecule has 4 aromatic rings. The van der Waals surface area contributed by atoms with Crippen molar-refractivity contribution in [2.75, 3.05) is 13.1 Å². The Balaban J connectivity index is 1.35. The molecule has 0 bridgehead atoms. The SMILES string of the molecule is O=C(N1CCC(C(O)(c2ccccc2)c2cnc[nH]2)CC1)N(Cc1cccc(Cl)c1)Cc1cccc(Cl)c1. The van der Waals surface area contributed by atoms with Crippen LogP contribution in [0.25, 0.3) is 0 Å². The molecule has 1 fully saturated rings. The first-order valence-corrected chi connectivity index (χ1v) is 13.5. The molecule has 2 amide bonds. The van der Waals surface area contributed by atoms with Crippen molar-refractivity contribution < 1.29 is 9.90 Å². The fourth-order valence-electron chi connectivity index (χ4n) is 5.36. The van der Waals surface area contributed by atoms with Gasteiger partial charge in [0.2, 0.25) is 0 Å². The first-order chi connectivity index (χ1) is 18.4. The third kappa shape index (κ3) is 5.73. The molecule has 1 atom stereocenters. The van der Waals surface area contributed by atoms with E-state index in [-0.39, 0.29) is 11.9 Å². The van der Waals surface area contributed by atoms with Gasteiger partial charge in [-0.15, -0.1) is 0 Å². The highest BCUT2D eigenvalue weighted by atomic mass is 35.5. The Morgan fingerprint density at radius 3 is 2.08 bits per heavy atom. The number of rotatable bonds is 7. The molecule has 8 heteroatoms. The van der Waals surface area contributed by atoms with Crippen LogP contribution in [0.15, 0.2) is 91.4 Å². The summed E-state index contributed by atoms with van der Waals surface area (Å²) in [6, 6.07) is 24.8. The van der Waals surface area contributed by atoms with Gasteiger partial charge < -0.3 is 19.9 Å². The first kappa shape index (κ1) is 26.3. The maximum Gasteiger partial charge on any atom is 0.320 e. The largest absolute Gasteiger partial charge is 0.379 e. The number of urea groups is 1. The van der Waals surface area contributed by atoms with Crippen molar-refractivity contribution in [3.8, 4) is 0 Å². The highest BCUT2D eigenvalue weighted by Crippen LogP contribution is 2.41. The van der Waals surface area contributed by atoms with Gasteiger partial charge in [-0.2, -0.15) is 0 Å². The monoisotopic (exact) mass is 548 g/mol. The van der Waals surface area contributed by atoms with Crippen LogP contribution in [0.3, 0.4) is 0 Å². The summed E-state index contributed by atoms with van der Waals surface area (Å²) in [5.74, 6) is -0.0799. The topological polar surface area (TPSA) is 72.5 Å². The normalized spacial score (nSPS) is 15.7. The van der Waals surface area contributed by atoms with Crippen LogP contribution in [0.4, 0.5) is 4.79 Å². The minimum Gasteiger partial charge on any atom is -0.379 e. The number of H-pyrrole nitrogens is 1. The number of aromatic amines is 1. The van der Waals surface area contributed by atoms with Gasteiger partial charge in [-0.1, -0.05) is 77.8 Å². The predicted octanol–water partition coefficient (Wildman–Crippen LogP) is 6.49. The molecule has 3 aromatic carbocycles. The van der Waals surface area contributed by atoms with Gasteiger partial charge in [-0.05, 0) is 53.8 Å². The number of carbonyl (C=O) groups is 1. The molecular weight excluding hydrogens is 519 g/mol. The Labute approximate surface area is 232 Å². The van der Waals surface area contributed by atoms with E-state index in [1.807, 2.05) is 88.7 Å². The molecule has 0 saturated carbocycles. The number of carbonyl (C=O) groups excluding carboxylic acids is 1. The van der Waals surface area contributed by atoms with Crippen molar-refractivity contribution in [3.63, 3.8) is 0 Å². The lowest BCUT2D eigenvalue weighted by Crippen LogP contribution is -2.49. The maximum absolute atomic E-state index is 13.8. The second-order valence-corrected chi connectivity index (χ2v) is 10.6. The number of imidazole rings is 1. The average molecular weight is 550 g/mol. The number of aliphatic hydroxyl groups is 1. The Bertz CT molecular complexity index is 1310. The molecule has 6 nitrogen and oxygen atoms in total. The van der Waals surface area contributed by atoms with Crippen molar-refractivity contribution >= 4 is 29.2 Å². The average Bonchev–Trinajstić information content (AvgIpc) is 3.48. The molecule has 38 heavy (non-hydrogen) atoms. The number of hydrogen-bond acceptors (Lipinski definition) is 3. The van der Waals surface area contributed by atoms with Gasteiger partial charge in [0.25, 0.3) is 0 Å². The Hall–Kier alpha value is -3.32.